The van der Waals surface area contributed by atoms with Gasteiger partial charge in [-0.1, -0.05) is 19.1 Å². The summed E-state index contributed by atoms with van der Waals surface area (Å²) in [5, 5.41) is 9.52. The van der Waals surface area contributed by atoms with E-state index < -0.39 is 34.2 Å². The molecule has 0 spiro atoms. The summed E-state index contributed by atoms with van der Waals surface area (Å²) in [7, 11) is -3.44. The summed E-state index contributed by atoms with van der Waals surface area (Å²) in [6.45, 7) is 2.13. The van der Waals surface area contributed by atoms with E-state index in [-0.39, 0.29) is 35.7 Å². The average Bonchev–Trinajstić information content (AvgIpc) is 3.55. The van der Waals surface area contributed by atoms with Crippen LogP contribution in [0.2, 0.25) is 0 Å². The number of hydrogen-bond acceptors (Lipinski definition) is 8. The van der Waals surface area contributed by atoms with Crippen molar-refractivity contribution in [2.45, 2.75) is 37.5 Å². The smallest absolute Gasteiger partial charge is 0.314 e. The van der Waals surface area contributed by atoms with Crippen LogP contribution in [0.25, 0.3) is 11.5 Å². The molecular formula is C20H21F3N6O3S. The molecule has 3 aromatic rings. The van der Waals surface area contributed by atoms with E-state index in [1.807, 2.05) is 0 Å². The first-order valence-corrected chi connectivity index (χ1v) is 11.7. The number of nitrogens with zero attached hydrogens (tertiary/aromatic N) is 5. The number of rotatable bonds is 10. The number of hydrogen-bond donors (Lipinski definition) is 1. The largest absolute Gasteiger partial charge is 0.415 e. The first-order valence-electron chi connectivity index (χ1n) is 10.2. The quantitative estimate of drug-likeness (QED) is 0.467. The molecule has 4 rings (SSSR count). The first-order chi connectivity index (χ1) is 15.8. The highest BCUT2D eigenvalue weighted by molar-refractivity contribution is 7.90. The fourth-order valence-electron chi connectivity index (χ4n) is 3.23. The first kappa shape index (κ1) is 23.1. The van der Waals surface area contributed by atoms with Crippen molar-refractivity contribution in [3.63, 3.8) is 0 Å². The molecule has 1 saturated carbocycles. The molecule has 2 aromatic heterocycles. The summed E-state index contributed by atoms with van der Waals surface area (Å²) in [5.74, 6) is -1.22. The minimum absolute atomic E-state index is 0.0908. The molecule has 2 heterocycles. The molecule has 0 bridgehead atoms. The van der Waals surface area contributed by atoms with Gasteiger partial charge < -0.3 is 9.73 Å². The third-order valence-electron chi connectivity index (χ3n) is 5.15. The molecule has 1 unspecified atom stereocenters. The van der Waals surface area contributed by atoms with E-state index in [0.29, 0.717) is 18.4 Å². The Balaban J connectivity index is 1.56. The molecule has 0 saturated heterocycles. The minimum atomic E-state index is -3.44. The zero-order chi connectivity index (χ0) is 23.6. The van der Waals surface area contributed by atoms with Gasteiger partial charge in [0, 0.05) is 25.5 Å². The highest BCUT2D eigenvalue weighted by Crippen LogP contribution is 2.32. The molecule has 33 heavy (non-hydrogen) atoms. The molecule has 1 aliphatic carbocycles. The van der Waals surface area contributed by atoms with Crippen LogP contribution in [-0.4, -0.2) is 51.2 Å². The number of anilines is 1. The van der Waals surface area contributed by atoms with Crippen molar-refractivity contribution in [2.24, 2.45) is 0 Å². The van der Waals surface area contributed by atoms with Gasteiger partial charge in [-0.2, -0.15) is 13.1 Å². The summed E-state index contributed by atoms with van der Waals surface area (Å²) in [6.07, 6.45) is 1.02. The number of alkyl halides is 2. The van der Waals surface area contributed by atoms with Crippen molar-refractivity contribution in [3.05, 3.63) is 53.9 Å². The Morgan fingerprint density at radius 1 is 1.15 bits per heavy atom. The molecule has 1 aromatic carbocycles. The van der Waals surface area contributed by atoms with Gasteiger partial charge in [-0.15, -0.1) is 10.2 Å². The van der Waals surface area contributed by atoms with E-state index >= 15 is 0 Å². The normalized spacial score (nSPS) is 15.2. The molecule has 0 amide bonds. The molecule has 1 aliphatic rings. The van der Waals surface area contributed by atoms with Gasteiger partial charge in [-0.3, -0.25) is 0 Å². The van der Waals surface area contributed by atoms with E-state index in [9.17, 15) is 21.6 Å². The Labute approximate surface area is 188 Å². The van der Waals surface area contributed by atoms with Crippen molar-refractivity contribution in [1.29, 1.82) is 0 Å². The molecule has 1 atom stereocenters. The lowest BCUT2D eigenvalue weighted by Gasteiger charge is -2.27. The zero-order valence-electron chi connectivity index (χ0n) is 17.5. The Bertz CT molecular complexity index is 1180. The van der Waals surface area contributed by atoms with Crippen LogP contribution in [0.15, 0.2) is 41.1 Å². The van der Waals surface area contributed by atoms with Gasteiger partial charge in [-0.25, -0.2) is 22.8 Å². The highest BCUT2D eigenvalue weighted by atomic mass is 32.2. The predicted octanol–water partition coefficient (Wildman–Crippen LogP) is 3.57. The monoisotopic (exact) mass is 482 g/mol. The number of likely N-dealkylation sites (N-methyl/N-ethyl adjacent to an activating group) is 1. The van der Waals surface area contributed by atoms with E-state index in [1.54, 1.807) is 19.1 Å². The minimum Gasteiger partial charge on any atom is -0.415 e. The number of nitrogens with one attached hydrogen (secondary N) is 1. The summed E-state index contributed by atoms with van der Waals surface area (Å²) < 4.78 is 70.6. The Morgan fingerprint density at radius 2 is 1.82 bits per heavy atom. The maximum atomic E-state index is 13.4. The van der Waals surface area contributed by atoms with Crippen molar-refractivity contribution in [1.82, 2.24) is 24.5 Å². The molecule has 1 N–H and O–H groups in total. The van der Waals surface area contributed by atoms with Crippen LogP contribution in [0.3, 0.4) is 0 Å². The van der Waals surface area contributed by atoms with E-state index in [4.69, 9.17) is 4.42 Å². The average molecular weight is 482 g/mol. The highest BCUT2D eigenvalue weighted by Gasteiger charge is 2.40. The van der Waals surface area contributed by atoms with Gasteiger partial charge in [0.1, 0.15) is 5.82 Å². The van der Waals surface area contributed by atoms with Crippen LogP contribution in [0.4, 0.5) is 19.1 Å². The Hall–Kier alpha value is -3.06. The van der Waals surface area contributed by atoms with Crippen molar-refractivity contribution in [3.8, 4) is 11.5 Å². The molecule has 0 radical (unpaired) electrons. The van der Waals surface area contributed by atoms with Gasteiger partial charge in [0.05, 0.1) is 16.9 Å². The summed E-state index contributed by atoms with van der Waals surface area (Å²) in [5.41, 5.74) is 0.886. The zero-order valence-corrected chi connectivity index (χ0v) is 18.3. The number of benzene rings is 1. The van der Waals surface area contributed by atoms with Crippen LogP contribution in [0.1, 0.15) is 43.7 Å². The fraction of sp³-hybridized carbons (Fsp3) is 0.400. The fourth-order valence-corrected chi connectivity index (χ4v) is 5.10. The van der Waals surface area contributed by atoms with Crippen LogP contribution in [0, 0.1) is 5.82 Å². The summed E-state index contributed by atoms with van der Waals surface area (Å²) in [4.78, 5) is 8.31. The predicted molar refractivity (Wildman–Crippen MR) is 112 cm³/mol. The SMILES string of the molecule is CCN(CC(Nc1ncc(-c2nnc(C(F)F)o2)cn1)c1ccc(F)cc1)S(=O)(=O)C1CC1. The maximum Gasteiger partial charge on any atom is 0.314 e. The number of sulfonamides is 1. The van der Waals surface area contributed by atoms with Crippen molar-refractivity contribution in [2.75, 3.05) is 18.4 Å². The van der Waals surface area contributed by atoms with Crippen molar-refractivity contribution >= 4 is 16.0 Å². The Morgan fingerprint density at radius 3 is 2.36 bits per heavy atom. The number of aromatic nitrogens is 4. The standard InChI is InChI=1S/C20H21F3N6O3S/c1-2-29(33(30,31)15-7-8-15)11-16(12-3-5-14(21)6-4-12)26-20-24-9-13(10-25-20)18-27-28-19(32-18)17(22)23/h3-6,9-10,15-17H,2,7-8,11H2,1H3,(H,24,25,26). The van der Waals surface area contributed by atoms with Gasteiger partial charge in [0.2, 0.25) is 16.0 Å². The molecular weight excluding hydrogens is 461 g/mol. The lowest BCUT2D eigenvalue weighted by Crippen LogP contribution is -2.38. The number of halogens is 3. The lowest BCUT2D eigenvalue weighted by atomic mass is 10.1. The van der Waals surface area contributed by atoms with Crippen LogP contribution in [-0.2, 0) is 10.0 Å². The topological polar surface area (TPSA) is 114 Å². The summed E-state index contributed by atoms with van der Waals surface area (Å²) >= 11 is 0. The Kier molecular flexibility index (Phi) is 6.61. The second kappa shape index (κ2) is 9.43. The second-order valence-electron chi connectivity index (χ2n) is 7.48. The third-order valence-corrected chi connectivity index (χ3v) is 7.59. The van der Waals surface area contributed by atoms with E-state index in [0.717, 1.165) is 0 Å². The van der Waals surface area contributed by atoms with E-state index in [2.05, 4.69) is 25.5 Å². The molecule has 13 heteroatoms. The van der Waals surface area contributed by atoms with Gasteiger partial charge >= 0.3 is 6.43 Å². The molecule has 1 fully saturated rings. The maximum absolute atomic E-state index is 13.4. The lowest BCUT2D eigenvalue weighted by molar-refractivity contribution is 0.116. The summed E-state index contributed by atoms with van der Waals surface area (Å²) in [6, 6.07) is 5.12. The van der Waals surface area contributed by atoms with Gasteiger partial charge in [0.25, 0.3) is 11.8 Å². The molecule has 176 valence electrons. The van der Waals surface area contributed by atoms with Gasteiger partial charge in [0.15, 0.2) is 0 Å². The van der Waals surface area contributed by atoms with Crippen LogP contribution >= 0.6 is 0 Å². The van der Waals surface area contributed by atoms with Gasteiger partial charge in [-0.05, 0) is 30.5 Å². The van der Waals surface area contributed by atoms with Crippen molar-refractivity contribution < 1.29 is 26.0 Å². The second-order valence-corrected chi connectivity index (χ2v) is 9.70. The molecule has 9 nitrogen and oxygen atoms in total. The van der Waals surface area contributed by atoms with Crippen LogP contribution in [0.5, 0.6) is 0 Å². The molecule has 0 aliphatic heterocycles. The van der Waals surface area contributed by atoms with Crippen LogP contribution < -0.4 is 5.32 Å². The third kappa shape index (κ3) is 5.30. The van der Waals surface area contributed by atoms with E-state index in [1.165, 1.54) is 28.8 Å².